The molecule has 1 saturated carbocycles. The van der Waals surface area contributed by atoms with Crippen LogP contribution >= 0.6 is 0 Å². The third-order valence-corrected chi connectivity index (χ3v) is 3.51. The zero-order valence-corrected chi connectivity index (χ0v) is 11.0. The number of rotatable bonds is 7. The zero-order valence-electron chi connectivity index (χ0n) is 11.0. The quantitative estimate of drug-likeness (QED) is 0.751. The van der Waals surface area contributed by atoms with Crippen LogP contribution in [0.25, 0.3) is 0 Å². The molecular weight excluding hydrogens is 232 g/mol. The van der Waals surface area contributed by atoms with Crippen LogP contribution in [0.1, 0.15) is 44.3 Å². The summed E-state index contributed by atoms with van der Waals surface area (Å²) >= 11 is 0. The van der Waals surface area contributed by atoms with E-state index in [-0.39, 0.29) is 6.10 Å². The van der Waals surface area contributed by atoms with Gasteiger partial charge in [0.25, 0.3) is 0 Å². The van der Waals surface area contributed by atoms with Gasteiger partial charge in [0.05, 0.1) is 19.1 Å². The van der Waals surface area contributed by atoms with Gasteiger partial charge in [-0.05, 0) is 25.7 Å². The van der Waals surface area contributed by atoms with Gasteiger partial charge in [-0.15, -0.1) is 0 Å². The van der Waals surface area contributed by atoms with Gasteiger partial charge in [0.15, 0.2) is 5.82 Å². The van der Waals surface area contributed by atoms with Crippen LogP contribution < -0.4 is 0 Å². The molecule has 0 bridgehead atoms. The lowest BCUT2D eigenvalue weighted by Crippen LogP contribution is -2.20. The predicted molar refractivity (Wildman–Crippen MR) is 66.2 cm³/mol. The van der Waals surface area contributed by atoms with Gasteiger partial charge in [-0.25, -0.2) is 0 Å². The molecule has 5 nitrogen and oxygen atoms in total. The molecule has 0 aliphatic heterocycles. The zero-order chi connectivity index (χ0) is 12.8. The van der Waals surface area contributed by atoms with Crippen molar-refractivity contribution in [2.24, 2.45) is 5.92 Å². The van der Waals surface area contributed by atoms with Gasteiger partial charge in [0, 0.05) is 13.0 Å². The fourth-order valence-electron chi connectivity index (χ4n) is 2.47. The summed E-state index contributed by atoms with van der Waals surface area (Å²) in [6, 6.07) is 0. The lowest BCUT2D eigenvalue weighted by molar-refractivity contribution is 0.102. The minimum absolute atomic E-state index is 0.340. The Kier molecular flexibility index (Phi) is 5.13. The molecule has 1 atom stereocenters. The molecule has 18 heavy (non-hydrogen) atoms. The molecule has 1 N–H and O–H groups in total. The van der Waals surface area contributed by atoms with E-state index in [0.29, 0.717) is 43.7 Å². The van der Waals surface area contributed by atoms with E-state index < -0.39 is 0 Å². The highest BCUT2D eigenvalue weighted by Crippen LogP contribution is 2.28. The Morgan fingerprint density at radius 2 is 2.22 bits per heavy atom. The van der Waals surface area contributed by atoms with Gasteiger partial charge in [0.1, 0.15) is 0 Å². The highest BCUT2D eigenvalue weighted by Gasteiger charge is 2.25. The average molecular weight is 254 g/mol. The molecule has 1 aromatic rings. The van der Waals surface area contributed by atoms with Crippen molar-refractivity contribution < 1.29 is 14.4 Å². The lowest BCUT2D eigenvalue weighted by atomic mass is 9.98. The van der Waals surface area contributed by atoms with E-state index >= 15 is 0 Å². The Balaban J connectivity index is 1.78. The molecule has 0 saturated heterocycles. The fourth-order valence-corrected chi connectivity index (χ4v) is 2.47. The molecule has 0 radical (unpaired) electrons. The van der Waals surface area contributed by atoms with Crippen LogP contribution in [-0.2, 0) is 17.6 Å². The summed E-state index contributed by atoms with van der Waals surface area (Å²) in [4.78, 5) is 4.28. The number of aliphatic hydroxyl groups excluding tert-OH is 1. The molecule has 1 unspecified atom stereocenters. The van der Waals surface area contributed by atoms with Crippen LogP contribution in [0.4, 0.5) is 0 Å². The SMILES string of the molecule is CCOCCc1noc(CC(O)C2CCCC2)n1. The number of hydrogen-bond donors (Lipinski definition) is 1. The van der Waals surface area contributed by atoms with Gasteiger partial charge >= 0.3 is 0 Å². The van der Waals surface area contributed by atoms with E-state index in [1.807, 2.05) is 6.92 Å². The van der Waals surface area contributed by atoms with Crippen molar-refractivity contribution in [1.29, 1.82) is 0 Å². The number of hydrogen-bond acceptors (Lipinski definition) is 5. The summed E-state index contributed by atoms with van der Waals surface area (Å²) in [5, 5.41) is 14.0. The second kappa shape index (κ2) is 6.85. The van der Waals surface area contributed by atoms with Crippen LogP contribution in [0.2, 0.25) is 0 Å². The van der Waals surface area contributed by atoms with Crippen molar-refractivity contribution >= 4 is 0 Å². The summed E-state index contributed by atoms with van der Waals surface area (Å²) in [6.07, 6.45) is 5.49. The van der Waals surface area contributed by atoms with E-state index in [4.69, 9.17) is 9.26 Å². The van der Waals surface area contributed by atoms with E-state index in [9.17, 15) is 5.11 Å². The molecule has 0 spiro atoms. The van der Waals surface area contributed by atoms with Crippen molar-refractivity contribution in [3.8, 4) is 0 Å². The summed E-state index contributed by atoms with van der Waals surface area (Å²) in [5.41, 5.74) is 0. The first-order valence-electron chi connectivity index (χ1n) is 6.87. The van der Waals surface area contributed by atoms with Crippen molar-refractivity contribution in [3.63, 3.8) is 0 Å². The standard InChI is InChI=1S/C13H22N2O3/c1-2-17-8-7-12-14-13(18-15-12)9-11(16)10-5-3-4-6-10/h10-11,16H,2-9H2,1H3. The predicted octanol–water partition coefficient (Wildman–Crippen LogP) is 1.74. The first-order valence-corrected chi connectivity index (χ1v) is 6.87. The average Bonchev–Trinajstić information content (AvgIpc) is 3.00. The number of nitrogens with zero attached hydrogens (tertiary/aromatic N) is 2. The second-order valence-electron chi connectivity index (χ2n) is 4.87. The van der Waals surface area contributed by atoms with E-state index in [1.54, 1.807) is 0 Å². The molecule has 2 rings (SSSR count). The third-order valence-electron chi connectivity index (χ3n) is 3.51. The number of ether oxygens (including phenoxy) is 1. The van der Waals surface area contributed by atoms with Crippen molar-refractivity contribution in [2.45, 2.75) is 51.6 Å². The lowest BCUT2D eigenvalue weighted by Gasteiger charge is -2.14. The van der Waals surface area contributed by atoms with E-state index in [2.05, 4.69) is 10.1 Å². The van der Waals surface area contributed by atoms with Crippen LogP contribution in [0.5, 0.6) is 0 Å². The highest BCUT2D eigenvalue weighted by molar-refractivity contribution is 4.90. The molecule has 1 aliphatic carbocycles. The van der Waals surface area contributed by atoms with Crippen molar-refractivity contribution in [1.82, 2.24) is 10.1 Å². The maximum atomic E-state index is 10.1. The van der Waals surface area contributed by atoms with Gasteiger partial charge in [-0.2, -0.15) is 4.98 Å². The van der Waals surface area contributed by atoms with E-state index in [0.717, 1.165) is 12.8 Å². The van der Waals surface area contributed by atoms with Gasteiger partial charge in [-0.1, -0.05) is 18.0 Å². The molecule has 102 valence electrons. The maximum Gasteiger partial charge on any atom is 0.229 e. The Hall–Kier alpha value is -0.940. The van der Waals surface area contributed by atoms with Crippen LogP contribution in [0.15, 0.2) is 4.52 Å². The first-order chi connectivity index (χ1) is 8.79. The van der Waals surface area contributed by atoms with Crippen LogP contribution in [0.3, 0.4) is 0 Å². The molecule has 1 heterocycles. The molecule has 1 fully saturated rings. The normalized spacial score (nSPS) is 18.3. The Morgan fingerprint density at radius 3 is 2.94 bits per heavy atom. The minimum atomic E-state index is -0.340. The van der Waals surface area contributed by atoms with Gasteiger partial charge in [-0.3, -0.25) is 0 Å². The van der Waals surface area contributed by atoms with E-state index in [1.165, 1.54) is 12.8 Å². The molecule has 0 aromatic carbocycles. The van der Waals surface area contributed by atoms with Crippen molar-refractivity contribution in [3.05, 3.63) is 11.7 Å². The van der Waals surface area contributed by atoms with Gasteiger partial charge < -0.3 is 14.4 Å². The Labute approximate surface area is 108 Å². The third kappa shape index (κ3) is 3.78. The Bertz CT molecular complexity index is 348. The summed E-state index contributed by atoms with van der Waals surface area (Å²) in [6.45, 7) is 3.27. The number of aliphatic hydroxyl groups is 1. The molecule has 5 heteroatoms. The first kappa shape index (κ1) is 13.5. The maximum absolute atomic E-state index is 10.1. The van der Waals surface area contributed by atoms with Gasteiger partial charge in [0.2, 0.25) is 5.89 Å². The summed E-state index contributed by atoms with van der Waals surface area (Å²) in [5.74, 6) is 1.61. The van der Waals surface area contributed by atoms with Crippen LogP contribution in [0, 0.1) is 5.92 Å². The smallest absolute Gasteiger partial charge is 0.229 e. The summed E-state index contributed by atoms with van der Waals surface area (Å²) in [7, 11) is 0. The monoisotopic (exact) mass is 254 g/mol. The fraction of sp³-hybridized carbons (Fsp3) is 0.846. The number of aromatic nitrogens is 2. The highest BCUT2D eigenvalue weighted by atomic mass is 16.5. The van der Waals surface area contributed by atoms with Crippen LogP contribution in [-0.4, -0.2) is 34.6 Å². The summed E-state index contributed by atoms with van der Waals surface area (Å²) < 4.78 is 10.4. The minimum Gasteiger partial charge on any atom is -0.392 e. The Morgan fingerprint density at radius 1 is 1.44 bits per heavy atom. The molecular formula is C13H22N2O3. The van der Waals surface area contributed by atoms with Crippen molar-refractivity contribution in [2.75, 3.05) is 13.2 Å². The topological polar surface area (TPSA) is 68.4 Å². The molecule has 0 amide bonds. The largest absolute Gasteiger partial charge is 0.392 e. The molecule has 1 aromatic heterocycles. The second-order valence-corrected chi connectivity index (χ2v) is 4.87. The molecule has 1 aliphatic rings.